The quantitative estimate of drug-likeness (QED) is 0.236. The second kappa shape index (κ2) is 21.1. The Balaban J connectivity index is 0.00000124. The lowest BCUT2D eigenvalue weighted by molar-refractivity contribution is 0.431. The molecule has 6 nitrogen and oxygen atoms in total. The lowest BCUT2D eigenvalue weighted by atomic mass is 10.1. The van der Waals surface area contributed by atoms with Crippen molar-refractivity contribution in [3.05, 3.63) is 84.9 Å². The van der Waals surface area contributed by atoms with Gasteiger partial charge in [0.05, 0.1) is 0 Å². The second-order valence-corrected chi connectivity index (χ2v) is 6.16. The molecule has 0 aliphatic rings. The minimum absolute atomic E-state index is 0.434. The molecule has 0 atom stereocenters. The van der Waals surface area contributed by atoms with Crippen LogP contribution in [0.1, 0.15) is 69.2 Å². The van der Waals surface area contributed by atoms with Crippen LogP contribution in [0.15, 0.2) is 94.0 Å². The monoisotopic (exact) mass is 516 g/mol. The second-order valence-electron chi connectivity index (χ2n) is 6.16. The third kappa shape index (κ3) is 9.77. The molecular weight excluding hydrogens is 472 g/mol. The molecule has 0 saturated heterocycles. The number of rotatable bonds is 4. The van der Waals surface area contributed by atoms with Crippen LogP contribution in [0.5, 0.6) is 0 Å². The van der Waals surface area contributed by atoms with Crippen LogP contribution in [0, 0.1) is 0 Å². The van der Waals surface area contributed by atoms with Gasteiger partial charge >= 0.3 is 0 Å². The summed E-state index contributed by atoms with van der Waals surface area (Å²) >= 11 is 0. The largest absolute Gasteiger partial charge is 0.334 e. The van der Waals surface area contributed by atoms with Crippen molar-refractivity contribution >= 4 is 0 Å². The number of benzene rings is 3. The van der Waals surface area contributed by atoms with Gasteiger partial charge in [0.1, 0.15) is 0 Å². The van der Waals surface area contributed by atoms with Gasteiger partial charge in [0, 0.05) is 22.3 Å². The maximum absolute atomic E-state index is 5.44. The molecule has 0 unspecified atom stereocenters. The topological polar surface area (TPSA) is 77.8 Å². The van der Waals surface area contributed by atoms with E-state index in [0.717, 1.165) is 22.3 Å². The van der Waals surface area contributed by atoms with Crippen molar-refractivity contribution in [1.82, 2.24) is 20.3 Å². The van der Waals surface area contributed by atoms with Crippen molar-refractivity contribution in [3.63, 3.8) is 0 Å². The number of aromatic nitrogens is 4. The van der Waals surface area contributed by atoms with E-state index in [9.17, 15) is 0 Å². The maximum Gasteiger partial charge on any atom is 0.258 e. The summed E-state index contributed by atoms with van der Waals surface area (Å²) in [6.07, 6.45) is 0. The first-order chi connectivity index (χ1) is 18.9. The maximum atomic E-state index is 5.44. The predicted molar refractivity (Wildman–Crippen MR) is 161 cm³/mol. The van der Waals surface area contributed by atoms with Gasteiger partial charge in [-0.2, -0.15) is 9.97 Å². The molecular formula is C32H44N4O2. The summed E-state index contributed by atoms with van der Waals surface area (Å²) in [4.78, 5) is 8.99. The van der Waals surface area contributed by atoms with E-state index in [1.165, 1.54) is 0 Å². The van der Waals surface area contributed by atoms with Crippen molar-refractivity contribution < 1.29 is 9.05 Å². The molecule has 0 aliphatic heterocycles. The minimum Gasteiger partial charge on any atom is -0.334 e. The van der Waals surface area contributed by atoms with E-state index in [0.29, 0.717) is 23.4 Å². The van der Waals surface area contributed by atoms with Gasteiger partial charge in [0.25, 0.3) is 11.8 Å². The SMILES string of the molecule is CC.CC.CC.CC.CC.c1ccc(-c2noc(-c3cccc(-c4nc(-c5ccccc5)no4)c3)n2)cc1. The molecule has 0 saturated carbocycles. The molecule has 3 aromatic carbocycles. The van der Waals surface area contributed by atoms with Gasteiger partial charge in [-0.15, -0.1) is 0 Å². The summed E-state index contributed by atoms with van der Waals surface area (Å²) in [5.41, 5.74) is 3.37. The summed E-state index contributed by atoms with van der Waals surface area (Å²) in [7, 11) is 0. The van der Waals surface area contributed by atoms with Gasteiger partial charge in [0.2, 0.25) is 11.6 Å². The van der Waals surface area contributed by atoms with Crippen LogP contribution in [0.4, 0.5) is 0 Å². The van der Waals surface area contributed by atoms with Crippen LogP contribution in [-0.4, -0.2) is 20.3 Å². The average molecular weight is 517 g/mol. The van der Waals surface area contributed by atoms with Crippen LogP contribution in [-0.2, 0) is 0 Å². The molecule has 5 rings (SSSR count). The minimum atomic E-state index is 0.434. The van der Waals surface area contributed by atoms with Gasteiger partial charge in [0.15, 0.2) is 0 Å². The molecule has 6 heteroatoms. The zero-order valence-corrected chi connectivity index (χ0v) is 24.7. The average Bonchev–Trinajstić information content (AvgIpc) is 3.75. The normalized spacial score (nSPS) is 8.79. The highest BCUT2D eigenvalue weighted by molar-refractivity contribution is 5.67. The first-order valence-electron chi connectivity index (χ1n) is 13.8. The molecule has 204 valence electrons. The van der Waals surface area contributed by atoms with E-state index < -0.39 is 0 Å². The van der Waals surface area contributed by atoms with Gasteiger partial charge in [-0.1, -0.05) is 146 Å². The number of hydrogen-bond donors (Lipinski definition) is 0. The lowest BCUT2D eigenvalue weighted by Crippen LogP contribution is -1.83. The molecule has 0 fully saturated rings. The van der Waals surface area contributed by atoms with E-state index in [1.807, 2.05) is 154 Å². The summed E-state index contributed by atoms with van der Waals surface area (Å²) in [5, 5.41) is 8.14. The molecule has 2 heterocycles. The van der Waals surface area contributed by atoms with Gasteiger partial charge in [-0.25, -0.2) is 0 Å². The van der Waals surface area contributed by atoms with Crippen LogP contribution >= 0.6 is 0 Å². The molecule has 0 radical (unpaired) electrons. The molecule has 0 bridgehead atoms. The molecule has 0 amide bonds. The summed E-state index contributed by atoms with van der Waals surface area (Å²) in [6, 6.07) is 27.0. The molecule has 2 aromatic heterocycles. The van der Waals surface area contributed by atoms with E-state index in [1.54, 1.807) is 0 Å². The van der Waals surface area contributed by atoms with Crippen LogP contribution in [0.3, 0.4) is 0 Å². The van der Waals surface area contributed by atoms with Crippen molar-refractivity contribution in [2.24, 2.45) is 0 Å². The Morgan fingerprint density at radius 2 is 0.711 bits per heavy atom. The Hall–Kier alpha value is -4.06. The van der Waals surface area contributed by atoms with E-state index >= 15 is 0 Å². The summed E-state index contributed by atoms with van der Waals surface area (Å²) < 4.78 is 10.9. The highest BCUT2D eigenvalue weighted by atomic mass is 16.5. The zero-order chi connectivity index (χ0) is 28.8. The van der Waals surface area contributed by atoms with E-state index in [-0.39, 0.29) is 0 Å². The third-order valence-electron chi connectivity index (χ3n) is 4.27. The predicted octanol–water partition coefficient (Wildman–Crippen LogP) is 10.3. The van der Waals surface area contributed by atoms with Gasteiger partial charge < -0.3 is 9.05 Å². The molecule has 0 aliphatic carbocycles. The Morgan fingerprint density at radius 3 is 1.05 bits per heavy atom. The van der Waals surface area contributed by atoms with Gasteiger partial charge in [-0.3, -0.25) is 0 Å². The molecule has 38 heavy (non-hydrogen) atoms. The highest BCUT2D eigenvalue weighted by Gasteiger charge is 2.14. The van der Waals surface area contributed by atoms with Crippen LogP contribution < -0.4 is 0 Å². The summed E-state index contributed by atoms with van der Waals surface area (Å²) in [6.45, 7) is 20.0. The van der Waals surface area contributed by atoms with Crippen molar-refractivity contribution in [3.8, 4) is 45.7 Å². The third-order valence-corrected chi connectivity index (χ3v) is 4.27. The standard InChI is InChI=1S/C22H14N4O2.5C2H6/c1-3-8-15(9-4-1)19-23-21(27-25-19)17-12-7-13-18(14-17)22-24-20(26-28-22)16-10-5-2-6-11-16;5*1-2/h1-14H;5*1-2H3. The fourth-order valence-corrected chi connectivity index (χ4v) is 2.88. The Kier molecular flexibility index (Phi) is 18.8. The van der Waals surface area contributed by atoms with Crippen LogP contribution in [0.2, 0.25) is 0 Å². The Morgan fingerprint density at radius 1 is 0.395 bits per heavy atom. The van der Waals surface area contributed by atoms with E-state index in [4.69, 9.17) is 9.05 Å². The first kappa shape index (κ1) is 33.9. The molecule has 0 N–H and O–H groups in total. The highest BCUT2D eigenvalue weighted by Crippen LogP contribution is 2.27. The van der Waals surface area contributed by atoms with Crippen molar-refractivity contribution in [1.29, 1.82) is 0 Å². The fourth-order valence-electron chi connectivity index (χ4n) is 2.88. The van der Waals surface area contributed by atoms with E-state index in [2.05, 4.69) is 20.3 Å². The molecule has 5 aromatic rings. The van der Waals surface area contributed by atoms with Crippen molar-refractivity contribution in [2.75, 3.05) is 0 Å². The first-order valence-corrected chi connectivity index (χ1v) is 13.8. The number of hydrogen-bond acceptors (Lipinski definition) is 6. The smallest absolute Gasteiger partial charge is 0.258 e. The fraction of sp³-hybridized carbons (Fsp3) is 0.312. The summed E-state index contributed by atoms with van der Waals surface area (Å²) in [5.74, 6) is 1.96. The Bertz CT molecular complexity index is 1120. The zero-order valence-electron chi connectivity index (χ0n) is 24.7. The van der Waals surface area contributed by atoms with Crippen molar-refractivity contribution in [2.45, 2.75) is 69.2 Å². The number of nitrogens with zero attached hydrogens (tertiary/aromatic N) is 4. The molecule has 0 spiro atoms. The van der Waals surface area contributed by atoms with Crippen LogP contribution in [0.25, 0.3) is 45.7 Å². The van der Waals surface area contributed by atoms with Gasteiger partial charge in [-0.05, 0) is 18.2 Å². The lowest BCUT2D eigenvalue weighted by Gasteiger charge is -1.97. The Labute approximate surface area is 229 Å².